The highest BCUT2D eigenvalue weighted by Crippen LogP contribution is 2.23. The summed E-state index contributed by atoms with van der Waals surface area (Å²) >= 11 is 0. The van der Waals surface area contributed by atoms with Crippen molar-refractivity contribution in [2.75, 3.05) is 6.61 Å². The van der Waals surface area contributed by atoms with Gasteiger partial charge in [0.25, 0.3) is 0 Å². The van der Waals surface area contributed by atoms with Crippen LogP contribution in [0.2, 0.25) is 0 Å². The van der Waals surface area contributed by atoms with Crippen molar-refractivity contribution in [3.8, 4) is 11.8 Å². The van der Waals surface area contributed by atoms with Crippen molar-refractivity contribution in [1.82, 2.24) is 0 Å². The molecule has 1 unspecified atom stereocenters. The molecule has 0 saturated heterocycles. The molecule has 1 atom stereocenters. The van der Waals surface area contributed by atoms with Crippen LogP contribution in [-0.2, 0) is 0 Å². The molecule has 0 aliphatic carbocycles. The van der Waals surface area contributed by atoms with Crippen LogP contribution >= 0.6 is 0 Å². The Morgan fingerprint density at radius 2 is 2.11 bits per heavy atom. The second-order valence-corrected chi connectivity index (χ2v) is 4.63. The van der Waals surface area contributed by atoms with E-state index in [2.05, 4.69) is 6.07 Å². The Hall–Kier alpha value is -1.82. The maximum atomic E-state index is 12.2. The average Bonchev–Trinajstić information content (AvgIpc) is 2.32. The first-order valence-corrected chi connectivity index (χ1v) is 6.18. The molecule has 0 heterocycles. The number of hydrogen-bond donors (Lipinski definition) is 0. The van der Waals surface area contributed by atoms with Crippen molar-refractivity contribution in [3.05, 3.63) is 29.3 Å². The molecule has 0 fully saturated rings. The lowest BCUT2D eigenvalue weighted by atomic mass is 9.89. The molecule has 18 heavy (non-hydrogen) atoms. The molecule has 1 aromatic carbocycles. The first-order chi connectivity index (χ1) is 8.51. The van der Waals surface area contributed by atoms with Crippen LogP contribution in [0.1, 0.15) is 36.7 Å². The van der Waals surface area contributed by atoms with Crippen molar-refractivity contribution in [2.45, 2.75) is 27.7 Å². The van der Waals surface area contributed by atoms with Gasteiger partial charge in [0.05, 0.1) is 12.7 Å². The molecule has 0 aliphatic rings. The number of hydrogen-bond acceptors (Lipinski definition) is 3. The maximum absolute atomic E-state index is 12.2. The van der Waals surface area contributed by atoms with Crippen LogP contribution in [0.5, 0.6) is 5.75 Å². The van der Waals surface area contributed by atoms with Gasteiger partial charge in [-0.05, 0) is 43.5 Å². The summed E-state index contributed by atoms with van der Waals surface area (Å²) < 4.78 is 5.43. The van der Waals surface area contributed by atoms with Crippen LogP contribution in [0.15, 0.2) is 18.2 Å². The highest BCUT2D eigenvalue weighted by molar-refractivity contribution is 5.99. The van der Waals surface area contributed by atoms with Crippen LogP contribution in [0.25, 0.3) is 0 Å². The van der Waals surface area contributed by atoms with Gasteiger partial charge in [0, 0.05) is 5.56 Å². The summed E-state index contributed by atoms with van der Waals surface area (Å²) in [4.78, 5) is 12.2. The standard InChI is InChI=1S/C15H19NO2/c1-5-18-14-7-6-12(8-11(14)4)15(17)13(9-16)10(2)3/h6-8,10,13H,5H2,1-4H3. The van der Waals surface area contributed by atoms with Crippen molar-refractivity contribution in [2.24, 2.45) is 11.8 Å². The number of nitriles is 1. The van der Waals surface area contributed by atoms with E-state index in [1.165, 1.54) is 0 Å². The second kappa shape index (κ2) is 6.20. The van der Waals surface area contributed by atoms with E-state index < -0.39 is 5.92 Å². The van der Waals surface area contributed by atoms with Gasteiger partial charge in [0.1, 0.15) is 11.7 Å². The Morgan fingerprint density at radius 3 is 2.56 bits per heavy atom. The molecule has 0 radical (unpaired) electrons. The topological polar surface area (TPSA) is 50.1 Å². The molecule has 0 bridgehead atoms. The van der Waals surface area contributed by atoms with Crippen LogP contribution in [0.4, 0.5) is 0 Å². The molecular formula is C15H19NO2. The Morgan fingerprint density at radius 1 is 1.44 bits per heavy atom. The number of nitrogens with zero attached hydrogens (tertiary/aromatic N) is 1. The summed E-state index contributed by atoms with van der Waals surface area (Å²) in [6.45, 7) is 8.18. The molecule has 96 valence electrons. The highest BCUT2D eigenvalue weighted by Gasteiger charge is 2.23. The van der Waals surface area contributed by atoms with E-state index >= 15 is 0 Å². The number of rotatable bonds is 5. The number of benzene rings is 1. The van der Waals surface area contributed by atoms with Gasteiger partial charge in [-0.2, -0.15) is 5.26 Å². The Balaban J connectivity index is 3.01. The number of Topliss-reactive ketones (excluding diaryl/α,β-unsaturated/α-hetero) is 1. The number of aryl methyl sites for hydroxylation is 1. The molecule has 0 N–H and O–H groups in total. The van der Waals surface area contributed by atoms with Crippen LogP contribution in [-0.4, -0.2) is 12.4 Å². The Kier molecular flexibility index (Phi) is 4.91. The quantitative estimate of drug-likeness (QED) is 0.747. The predicted octanol–water partition coefficient (Wildman–Crippen LogP) is 3.37. The monoisotopic (exact) mass is 245 g/mol. The zero-order valence-corrected chi connectivity index (χ0v) is 11.4. The lowest BCUT2D eigenvalue weighted by Crippen LogP contribution is -2.18. The minimum absolute atomic E-state index is 0.0226. The SMILES string of the molecule is CCOc1ccc(C(=O)C(C#N)C(C)C)cc1C. The maximum Gasteiger partial charge on any atom is 0.180 e. The molecule has 0 amide bonds. The minimum Gasteiger partial charge on any atom is -0.494 e. The number of carbonyl (C=O) groups excluding carboxylic acids is 1. The molecule has 0 saturated carbocycles. The molecule has 1 aromatic rings. The van der Waals surface area contributed by atoms with E-state index in [1.54, 1.807) is 18.2 Å². The van der Waals surface area contributed by atoms with Crippen LogP contribution in [0, 0.1) is 30.1 Å². The van der Waals surface area contributed by atoms with Gasteiger partial charge < -0.3 is 4.74 Å². The van der Waals surface area contributed by atoms with E-state index in [-0.39, 0.29) is 11.7 Å². The predicted molar refractivity (Wildman–Crippen MR) is 70.6 cm³/mol. The summed E-state index contributed by atoms with van der Waals surface area (Å²) in [6, 6.07) is 7.39. The normalized spacial score (nSPS) is 12.0. The van der Waals surface area contributed by atoms with E-state index in [9.17, 15) is 4.79 Å². The van der Waals surface area contributed by atoms with Crippen LogP contribution < -0.4 is 4.74 Å². The third kappa shape index (κ3) is 3.10. The van der Waals surface area contributed by atoms with Gasteiger partial charge in [0.15, 0.2) is 5.78 Å². The van der Waals surface area contributed by atoms with Gasteiger partial charge in [-0.1, -0.05) is 13.8 Å². The number of carbonyl (C=O) groups is 1. The molecule has 1 rings (SSSR count). The van der Waals surface area contributed by atoms with Crippen molar-refractivity contribution < 1.29 is 9.53 Å². The number of ether oxygens (including phenoxy) is 1. The van der Waals surface area contributed by atoms with Crippen molar-refractivity contribution in [1.29, 1.82) is 5.26 Å². The van der Waals surface area contributed by atoms with Gasteiger partial charge in [-0.25, -0.2) is 0 Å². The van der Waals surface area contributed by atoms with Gasteiger partial charge in [0.2, 0.25) is 0 Å². The molecule has 3 heteroatoms. The number of ketones is 1. The molecule has 0 aliphatic heterocycles. The van der Waals surface area contributed by atoms with Crippen molar-refractivity contribution >= 4 is 5.78 Å². The van der Waals surface area contributed by atoms with E-state index in [0.29, 0.717) is 12.2 Å². The van der Waals surface area contributed by atoms with Crippen LogP contribution in [0.3, 0.4) is 0 Å². The molecule has 3 nitrogen and oxygen atoms in total. The fraction of sp³-hybridized carbons (Fsp3) is 0.467. The fourth-order valence-electron chi connectivity index (χ4n) is 1.81. The summed E-state index contributed by atoms with van der Waals surface area (Å²) in [5.41, 5.74) is 1.50. The van der Waals surface area contributed by atoms with Gasteiger partial charge >= 0.3 is 0 Å². The second-order valence-electron chi connectivity index (χ2n) is 4.63. The average molecular weight is 245 g/mol. The van der Waals surface area contributed by atoms with E-state index in [4.69, 9.17) is 10.00 Å². The fourth-order valence-corrected chi connectivity index (χ4v) is 1.81. The highest BCUT2D eigenvalue weighted by atomic mass is 16.5. The summed E-state index contributed by atoms with van der Waals surface area (Å²) in [5, 5.41) is 9.04. The summed E-state index contributed by atoms with van der Waals surface area (Å²) in [5.74, 6) is 0.113. The molecule has 0 aromatic heterocycles. The summed E-state index contributed by atoms with van der Waals surface area (Å²) in [7, 11) is 0. The lowest BCUT2D eigenvalue weighted by molar-refractivity contribution is 0.0924. The molecular weight excluding hydrogens is 226 g/mol. The first kappa shape index (κ1) is 14.2. The zero-order valence-electron chi connectivity index (χ0n) is 11.4. The zero-order chi connectivity index (χ0) is 13.7. The smallest absolute Gasteiger partial charge is 0.180 e. The Bertz CT molecular complexity index is 472. The third-order valence-corrected chi connectivity index (χ3v) is 2.85. The van der Waals surface area contributed by atoms with E-state index in [0.717, 1.165) is 11.3 Å². The van der Waals surface area contributed by atoms with Crippen molar-refractivity contribution in [3.63, 3.8) is 0 Å². The first-order valence-electron chi connectivity index (χ1n) is 6.18. The molecule has 0 spiro atoms. The Labute approximate surface area is 108 Å². The lowest BCUT2D eigenvalue weighted by Gasteiger charge is -2.13. The largest absolute Gasteiger partial charge is 0.494 e. The minimum atomic E-state index is -0.581. The summed E-state index contributed by atoms with van der Waals surface area (Å²) in [6.07, 6.45) is 0. The van der Waals surface area contributed by atoms with E-state index in [1.807, 2.05) is 27.7 Å². The van der Waals surface area contributed by atoms with Gasteiger partial charge in [-0.15, -0.1) is 0 Å². The third-order valence-electron chi connectivity index (χ3n) is 2.85. The van der Waals surface area contributed by atoms with Gasteiger partial charge in [-0.3, -0.25) is 4.79 Å².